The number of amides is 2. The zero-order valence-electron chi connectivity index (χ0n) is 18.3. The molecule has 0 aromatic heterocycles. The van der Waals surface area contributed by atoms with Crippen LogP contribution in [0, 0.1) is 0 Å². The maximum Gasteiger partial charge on any atom is 0.255 e. The van der Waals surface area contributed by atoms with E-state index >= 15 is 0 Å². The van der Waals surface area contributed by atoms with Crippen molar-refractivity contribution in [2.45, 2.75) is 6.42 Å². The summed E-state index contributed by atoms with van der Waals surface area (Å²) in [6, 6.07) is 14.0. The zero-order chi connectivity index (χ0) is 22.5. The Bertz CT molecular complexity index is 818. The molecule has 0 saturated carbocycles. The van der Waals surface area contributed by atoms with Crippen molar-refractivity contribution in [3.8, 4) is 5.75 Å². The molecule has 0 spiro atoms. The van der Waals surface area contributed by atoms with Crippen molar-refractivity contribution in [2.75, 3.05) is 64.8 Å². The number of hydrogen-bond acceptors (Lipinski definition) is 6. The van der Waals surface area contributed by atoms with E-state index in [1.807, 2.05) is 12.1 Å². The maximum absolute atomic E-state index is 12.5. The number of nitrogens with one attached hydrogen (secondary N) is 2. The molecule has 0 aliphatic rings. The minimum absolute atomic E-state index is 0.0916. The highest BCUT2D eigenvalue weighted by molar-refractivity contribution is 6.05. The minimum Gasteiger partial charge on any atom is -0.495 e. The van der Waals surface area contributed by atoms with Gasteiger partial charge in [0.15, 0.2) is 0 Å². The minimum atomic E-state index is -0.255. The fraction of sp³-hybridized carbons (Fsp3) is 0.391. The lowest BCUT2D eigenvalue weighted by Crippen LogP contribution is -2.33. The van der Waals surface area contributed by atoms with Gasteiger partial charge in [0.1, 0.15) is 5.75 Å². The Morgan fingerprint density at radius 1 is 0.839 bits per heavy atom. The maximum atomic E-state index is 12.5. The molecule has 0 radical (unpaired) electrons. The molecule has 31 heavy (non-hydrogen) atoms. The number of rotatable bonds is 13. The Labute approximate surface area is 183 Å². The molecule has 0 fully saturated rings. The van der Waals surface area contributed by atoms with Crippen LogP contribution in [0.3, 0.4) is 0 Å². The van der Waals surface area contributed by atoms with Gasteiger partial charge < -0.3 is 24.8 Å². The topological polar surface area (TPSA) is 89.1 Å². The van der Waals surface area contributed by atoms with Gasteiger partial charge >= 0.3 is 0 Å². The highest BCUT2D eigenvalue weighted by Gasteiger charge is 2.11. The average molecular weight is 430 g/mol. The van der Waals surface area contributed by atoms with Crippen LogP contribution in [0.25, 0.3) is 0 Å². The summed E-state index contributed by atoms with van der Waals surface area (Å²) in [5, 5.41) is 5.69. The van der Waals surface area contributed by atoms with Gasteiger partial charge in [-0.2, -0.15) is 0 Å². The summed E-state index contributed by atoms with van der Waals surface area (Å²) in [5.41, 5.74) is 1.72. The van der Waals surface area contributed by atoms with Gasteiger partial charge in [0, 0.05) is 51.5 Å². The van der Waals surface area contributed by atoms with E-state index in [1.54, 1.807) is 57.7 Å². The molecule has 8 nitrogen and oxygen atoms in total. The zero-order valence-corrected chi connectivity index (χ0v) is 18.3. The second kappa shape index (κ2) is 13.4. The Hall–Kier alpha value is -2.94. The third-order valence-electron chi connectivity index (χ3n) is 4.66. The van der Waals surface area contributed by atoms with Gasteiger partial charge in [0.25, 0.3) is 5.91 Å². The van der Waals surface area contributed by atoms with Crippen LogP contribution in [0.15, 0.2) is 48.5 Å². The Balaban J connectivity index is 1.86. The fourth-order valence-electron chi connectivity index (χ4n) is 2.91. The first kappa shape index (κ1) is 24.3. The molecule has 2 N–H and O–H groups in total. The number of para-hydroxylation sites is 2. The lowest BCUT2D eigenvalue weighted by atomic mass is 10.2. The van der Waals surface area contributed by atoms with Crippen LogP contribution in [0.4, 0.5) is 11.4 Å². The molecule has 2 aromatic rings. The van der Waals surface area contributed by atoms with Crippen LogP contribution in [0.1, 0.15) is 16.8 Å². The van der Waals surface area contributed by atoms with Gasteiger partial charge in [0.2, 0.25) is 5.91 Å². The standard InChI is InChI=1S/C23H31N3O5/c1-29-16-14-26(15-17-30-2)13-12-22(27)24-19-10-8-18(9-11-19)23(28)25-20-6-4-5-7-21(20)31-3/h4-11H,12-17H2,1-3H3,(H,24,27)(H,25,28). The van der Waals surface area contributed by atoms with Gasteiger partial charge in [-0.25, -0.2) is 0 Å². The molecule has 2 amide bonds. The van der Waals surface area contributed by atoms with Gasteiger partial charge in [-0.1, -0.05) is 12.1 Å². The quantitative estimate of drug-likeness (QED) is 0.509. The van der Waals surface area contributed by atoms with Crippen LogP contribution >= 0.6 is 0 Å². The van der Waals surface area contributed by atoms with Gasteiger partial charge in [-0.15, -0.1) is 0 Å². The first-order valence-corrected chi connectivity index (χ1v) is 10.1. The van der Waals surface area contributed by atoms with Gasteiger partial charge in [-0.05, 0) is 36.4 Å². The molecular formula is C23H31N3O5. The summed E-state index contributed by atoms with van der Waals surface area (Å²) in [6.07, 6.45) is 0.351. The predicted molar refractivity (Wildman–Crippen MR) is 121 cm³/mol. The molecule has 0 unspecified atom stereocenters. The van der Waals surface area contributed by atoms with Crippen LogP contribution in [-0.4, -0.2) is 70.9 Å². The van der Waals surface area contributed by atoms with Crippen molar-refractivity contribution in [3.63, 3.8) is 0 Å². The summed E-state index contributed by atoms with van der Waals surface area (Å²) in [7, 11) is 4.86. The molecule has 0 bridgehead atoms. The SMILES string of the molecule is COCCN(CCOC)CCC(=O)Nc1ccc(C(=O)Nc2ccccc2OC)cc1. The van der Waals surface area contributed by atoms with Crippen molar-refractivity contribution in [3.05, 3.63) is 54.1 Å². The third-order valence-corrected chi connectivity index (χ3v) is 4.66. The van der Waals surface area contributed by atoms with Gasteiger partial charge in [-0.3, -0.25) is 14.5 Å². The number of carbonyl (C=O) groups excluding carboxylic acids is 2. The number of nitrogens with zero attached hydrogens (tertiary/aromatic N) is 1. The summed E-state index contributed by atoms with van der Waals surface area (Å²) in [5.74, 6) is 0.241. The molecule has 0 atom stereocenters. The second-order valence-corrected chi connectivity index (χ2v) is 6.86. The van der Waals surface area contributed by atoms with Crippen LogP contribution in [0.2, 0.25) is 0 Å². The molecule has 0 heterocycles. The number of carbonyl (C=O) groups is 2. The molecule has 168 valence electrons. The average Bonchev–Trinajstić information content (AvgIpc) is 2.79. The van der Waals surface area contributed by atoms with Crippen LogP contribution in [-0.2, 0) is 14.3 Å². The predicted octanol–water partition coefficient (Wildman–Crippen LogP) is 2.87. The highest BCUT2D eigenvalue weighted by Crippen LogP contribution is 2.23. The van der Waals surface area contributed by atoms with Gasteiger partial charge in [0.05, 0.1) is 26.0 Å². The van der Waals surface area contributed by atoms with Crippen molar-refractivity contribution in [2.24, 2.45) is 0 Å². The van der Waals surface area contributed by atoms with Crippen molar-refractivity contribution >= 4 is 23.2 Å². The lowest BCUT2D eigenvalue weighted by Gasteiger charge is -2.21. The molecule has 2 rings (SSSR count). The van der Waals surface area contributed by atoms with E-state index in [-0.39, 0.29) is 11.8 Å². The van der Waals surface area contributed by atoms with E-state index in [9.17, 15) is 9.59 Å². The Morgan fingerprint density at radius 3 is 2.10 bits per heavy atom. The van der Waals surface area contributed by atoms with E-state index < -0.39 is 0 Å². The van der Waals surface area contributed by atoms with Crippen LogP contribution in [0.5, 0.6) is 5.75 Å². The molecule has 0 saturated heterocycles. The smallest absolute Gasteiger partial charge is 0.255 e. The first-order valence-electron chi connectivity index (χ1n) is 10.1. The molecule has 2 aromatic carbocycles. The van der Waals surface area contributed by atoms with E-state index in [2.05, 4.69) is 15.5 Å². The van der Waals surface area contributed by atoms with E-state index in [0.29, 0.717) is 48.9 Å². The molecule has 0 aliphatic carbocycles. The largest absolute Gasteiger partial charge is 0.495 e. The van der Waals surface area contributed by atoms with Crippen molar-refractivity contribution in [1.82, 2.24) is 4.90 Å². The Kier molecular flexibility index (Phi) is 10.5. The van der Waals surface area contributed by atoms with Crippen molar-refractivity contribution < 1.29 is 23.8 Å². The van der Waals surface area contributed by atoms with E-state index in [1.165, 1.54) is 0 Å². The molecule has 0 aliphatic heterocycles. The first-order chi connectivity index (χ1) is 15.1. The second-order valence-electron chi connectivity index (χ2n) is 6.86. The number of ether oxygens (including phenoxy) is 3. The fourth-order valence-corrected chi connectivity index (χ4v) is 2.91. The van der Waals surface area contributed by atoms with Crippen molar-refractivity contribution in [1.29, 1.82) is 0 Å². The third kappa shape index (κ3) is 8.37. The van der Waals surface area contributed by atoms with E-state index in [0.717, 1.165) is 13.1 Å². The summed E-state index contributed by atoms with van der Waals surface area (Å²) >= 11 is 0. The number of benzene rings is 2. The lowest BCUT2D eigenvalue weighted by molar-refractivity contribution is -0.116. The monoisotopic (exact) mass is 429 g/mol. The summed E-state index contributed by atoms with van der Waals surface area (Å²) in [4.78, 5) is 26.9. The highest BCUT2D eigenvalue weighted by atomic mass is 16.5. The number of anilines is 2. The van der Waals surface area contributed by atoms with E-state index in [4.69, 9.17) is 14.2 Å². The number of hydrogen-bond donors (Lipinski definition) is 2. The molecular weight excluding hydrogens is 398 g/mol. The summed E-state index contributed by atoms with van der Waals surface area (Å²) < 4.78 is 15.5. The normalized spacial score (nSPS) is 10.7. The summed E-state index contributed by atoms with van der Waals surface area (Å²) in [6.45, 7) is 3.29. The number of methoxy groups -OCH3 is 3. The molecule has 8 heteroatoms. The van der Waals surface area contributed by atoms with Crippen LogP contribution < -0.4 is 15.4 Å². The Morgan fingerprint density at radius 2 is 1.48 bits per heavy atom.